The van der Waals surface area contributed by atoms with Crippen molar-refractivity contribution in [3.8, 4) is 5.75 Å². The molecular weight excluding hydrogens is 274 g/mol. The summed E-state index contributed by atoms with van der Waals surface area (Å²) in [4.78, 5) is 4.36. The Labute approximate surface area is 122 Å². The molecule has 0 fully saturated rings. The molecule has 0 saturated carbocycles. The molecule has 0 bridgehead atoms. The normalized spacial score (nSPS) is 12.3. The molecule has 2 N–H and O–H groups in total. The highest BCUT2D eigenvalue weighted by Crippen LogP contribution is 2.17. The Hall–Kier alpha value is -1.53. The lowest BCUT2D eigenvalue weighted by Gasteiger charge is -2.03. The van der Waals surface area contributed by atoms with Crippen molar-refractivity contribution < 1.29 is 9.26 Å². The summed E-state index contributed by atoms with van der Waals surface area (Å²) in [5.74, 6) is 2.96. The first-order valence-corrected chi connectivity index (χ1v) is 7.82. The second-order valence-corrected chi connectivity index (χ2v) is 5.45. The molecule has 1 atom stereocenters. The topological polar surface area (TPSA) is 74.2 Å². The summed E-state index contributed by atoms with van der Waals surface area (Å²) in [7, 11) is 1.65. The fourth-order valence-corrected chi connectivity index (χ4v) is 2.31. The van der Waals surface area contributed by atoms with Crippen LogP contribution in [-0.4, -0.2) is 29.3 Å². The zero-order chi connectivity index (χ0) is 14.4. The van der Waals surface area contributed by atoms with Crippen LogP contribution in [0.15, 0.2) is 28.8 Å². The summed E-state index contributed by atoms with van der Waals surface area (Å²) in [5.41, 5.74) is 7.08. The van der Waals surface area contributed by atoms with Gasteiger partial charge < -0.3 is 15.0 Å². The van der Waals surface area contributed by atoms with Gasteiger partial charge in [0.1, 0.15) is 5.75 Å². The fourth-order valence-electron chi connectivity index (χ4n) is 1.82. The minimum Gasteiger partial charge on any atom is -0.497 e. The minimum absolute atomic E-state index is 0.186. The highest BCUT2D eigenvalue weighted by atomic mass is 32.2. The van der Waals surface area contributed by atoms with Crippen LogP contribution in [-0.2, 0) is 6.42 Å². The maximum Gasteiger partial charge on any atom is 0.243 e. The van der Waals surface area contributed by atoms with Gasteiger partial charge in [0.05, 0.1) is 13.2 Å². The first-order valence-electron chi connectivity index (χ1n) is 6.43. The van der Waals surface area contributed by atoms with Crippen molar-refractivity contribution in [2.45, 2.75) is 18.9 Å². The first-order chi connectivity index (χ1) is 9.72. The largest absolute Gasteiger partial charge is 0.497 e. The fraction of sp³-hybridized carbons (Fsp3) is 0.429. The zero-order valence-corrected chi connectivity index (χ0v) is 12.5. The summed E-state index contributed by atoms with van der Waals surface area (Å²) >= 11 is 1.75. The molecule has 0 aliphatic rings. The number of methoxy groups -OCH3 is 1. The van der Waals surface area contributed by atoms with Crippen LogP contribution in [0.1, 0.15) is 29.7 Å². The Morgan fingerprint density at radius 1 is 1.45 bits per heavy atom. The van der Waals surface area contributed by atoms with Crippen LogP contribution in [0, 0.1) is 0 Å². The van der Waals surface area contributed by atoms with Crippen molar-refractivity contribution in [3.63, 3.8) is 0 Å². The van der Waals surface area contributed by atoms with E-state index in [4.69, 9.17) is 15.0 Å². The van der Waals surface area contributed by atoms with Gasteiger partial charge in [-0.3, -0.25) is 0 Å². The molecule has 0 amide bonds. The average molecular weight is 293 g/mol. The van der Waals surface area contributed by atoms with Crippen molar-refractivity contribution in [2.24, 2.45) is 5.73 Å². The van der Waals surface area contributed by atoms with E-state index < -0.39 is 0 Å². The highest BCUT2D eigenvalue weighted by Gasteiger charge is 2.14. The van der Waals surface area contributed by atoms with E-state index in [0.29, 0.717) is 18.1 Å². The van der Waals surface area contributed by atoms with E-state index in [0.717, 1.165) is 23.5 Å². The van der Waals surface area contributed by atoms with Crippen molar-refractivity contribution in [1.29, 1.82) is 0 Å². The standard InChI is InChI=1S/C14H19N3O2S/c1-18-11-5-3-4-10(8-11)9-13-16-14(19-17-13)12(15)6-7-20-2/h3-5,8,12H,6-7,9,15H2,1-2H3/t12-/m1/s1. The zero-order valence-electron chi connectivity index (χ0n) is 11.7. The van der Waals surface area contributed by atoms with Gasteiger partial charge in [0.25, 0.3) is 0 Å². The van der Waals surface area contributed by atoms with E-state index in [2.05, 4.69) is 16.4 Å². The molecule has 1 aromatic heterocycles. The molecule has 20 heavy (non-hydrogen) atoms. The Kier molecular flexibility index (Phi) is 5.43. The van der Waals surface area contributed by atoms with Crippen molar-refractivity contribution in [1.82, 2.24) is 10.1 Å². The monoisotopic (exact) mass is 293 g/mol. The van der Waals surface area contributed by atoms with Crippen LogP contribution in [0.5, 0.6) is 5.75 Å². The molecule has 0 saturated heterocycles. The van der Waals surface area contributed by atoms with Crippen LogP contribution in [0.2, 0.25) is 0 Å². The number of nitrogens with zero attached hydrogens (tertiary/aromatic N) is 2. The Morgan fingerprint density at radius 3 is 3.05 bits per heavy atom. The molecule has 0 aliphatic heterocycles. The van der Waals surface area contributed by atoms with Crippen molar-refractivity contribution >= 4 is 11.8 Å². The van der Waals surface area contributed by atoms with Crippen LogP contribution >= 0.6 is 11.8 Å². The number of hydrogen-bond donors (Lipinski definition) is 1. The van der Waals surface area contributed by atoms with E-state index in [1.807, 2.05) is 24.3 Å². The third-order valence-electron chi connectivity index (χ3n) is 2.93. The molecule has 2 aromatic rings. The first kappa shape index (κ1) is 14.9. The van der Waals surface area contributed by atoms with Gasteiger partial charge in [-0.05, 0) is 36.1 Å². The molecule has 1 aromatic carbocycles. The number of nitrogens with two attached hydrogens (primary N) is 1. The van der Waals surface area contributed by atoms with Gasteiger partial charge in [-0.2, -0.15) is 16.7 Å². The van der Waals surface area contributed by atoms with Crippen LogP contribution in [0.4, 0.5) is 0 Å². The van der Waals surface area contributed by atoms with Gasteiger partial charge >= 0.3 is 0 Å². The molecule has 0 unspecified atom stereocenters. The lowest BCUT2D eigenvalue weighted by atomic mass is 10.1. The van der Waals surface area contributed by atoms with E-state index >= 15 is 0 Å². The van der Waals surface area contributed by atoms with Gasteiger partial charge in [-0.1, -0.05) is 17.3 Å². The molecule has 5 nitrogen and oxygen atoms in total. The maximum absolute atomic E-state index is 6.00. The summed E-state index contributed by atoms with van der Waals surface area (Å²) in [6, 6.07) is 7.63. The quantitative estimate of drug-likeness (QED) is 0.845. The van der Waals surface area contributed by atoms with Gasteiger partial charge in [0, 0.05) is 6.42 Å². The summed E-state index contributed by atoms with van der Waals surface area (Å²) < 4.78 is 10.4. The smallest absolute Gasteiger partial charge is 0.243 e. The Morgan fingerprint density at radius 2 is 2.30 bits per heavy atom. The average Bonchev–Trinajstić information content (AvgIpc) is 2.93. The maximum atomic E-state index is 6.00. The second kappa shape index (κ2) is 7.31. The molecule has 1 heterocycles. The highest BCUT2D eigenvalue weighted by molar-refractivity contribution is 7.98. The number of aromatic nitrogens is 2. The number of rotatable bonds is 7. The van der Waals surface area contributed by atoms with E-state index in [-0.39, 0.29) is 6.04 Å². The van der Waals surface area contributed by atoms with Gasteiger partial charge in [-0.25, -0.2) is 0 Å². The number of hydrogen-bond acceptors (Lipinski definition) is 6. The summed E-state index contributed by atoms with van der Waals surface area (Å²) in [6.45, 7) is 0. The van der Waals surface area contributed by atoms with E-state index in [1.165, 1.54) is 0 Å². The SMILES string of the molecule is COc1cccc(Cc2noc([C@H](N)CCSC)n2)c1. The summed E-state index contributed by atoms with van der Waals surface area (Å²) in [5, 5.41) is 3.98. The predicted molar refractivity (Wildman–Crippen MR) is 80.0 cm³/mol. The number of ether oxygens (including phenoxy) is 1. The minimum atomic E-state index is -0.186. The lowest BCUT2D eigenvalue weighted by molar-refractivity contribution is 0.349. The van der Waals surface area contributed by atoms with Crippen molar-refractivity contribution in [3.05, 3.63) is 41.5 Å². The Balaban J connectivity index is 2.01. The number of benzene rings is 1. The molecule has 0 aliphatic carbocycles. The lowest BCUT2D eigenvalue weighted by Crippen LogP contribution is -2.11. The van der Waals surface area contributed by atoms with Gasteiger partial charge in [0.2, 0.25) is 5.89 Å². The third-order valence-corrected chi connectivity index (χ3v) is 3.57. The van der Waals surface area contributed by atoms with E-state index in [9.17, 15) is 0 Å². The molecule has 2 rings (SSSR count). The summed E-state index contributed by atoms with van der Waals surface area (Å²) in [6.07, 6.45) is 3.49. The predicted octanol–water partition coefficient (Wildman–Crippen LogP) is 2.42. The van der Waals surface area contributed by atoms with Gasteiger partial charge in [-0.15, -0.1) is 0 Å². The van der Waals surface area contributed by atoms with Crippen molar-refractivity contribution in [2.75, 3.05) is 19.1 Å². The Bertz CT molecular complexity index is 545. The van der Waals surface area contributed by atoms with Crippen LogP contribution in [0.3, 0.4) is 0 Å². The molecule has 0 radical (unpaired) electrons. The molecule has 0 spiro atoms. The third kappa shape index (κ3) is 3.98. The number of thioether (sulfide) groups is 1. The molecular formula is C14H19N3O2S. The van der Waals surface area contributed by atoms with E-state index in [1.54, 1.807) is 18.9 Å². The molecule has 6 heteroatoms. The van der Waals surface area contributed by atoms with Crippen LogP contribution < -0.4 is 10.5 Å². The van der Waals surface area contributed by atoms with Gasteiger partial charge in [0.15, 0.2) is 5.82 Å². The van der Waals surface area contributed by atoms with Crippen LogP contribution in [0.25, 0.3) is 0 Å². The molecule has 108 valence electrons. The second-order valence-electron chi connectivity index (χ2n) is 4.47.